The average Bonchev–Trinajstić information content (AvgIpc) is 2.36. The molecule has 0 atom stereocenters. The Balaban J connectivity index is 2.43. The molecule has 0 radical (unpaired) electrons. The number of anilines is 2. The van der Waals surface area contributed by atoms with Crippen molar-refractivity contribution in [3.63, 3.8) is 0 Å². The molecule has 0 aliphatic heterocycles. The quantitative estimate of drug-likeness (QED) is 0.853. The van der Waals surface area contributed by atoms with Crippen molar-refractivity contribution in [1.82, 2.24) is 0 Å². The minimum atomic E-state index is -4.37. The number of nitrogens with one attached hydrogen (secondary N) is 1. The van der Waals surface area contributed by atoms with Gasteiger partial charge >= 0.3 is 0 Å². The Hall–Kier alpha value is -2.15. The third-order valence-electron chi connectivity index (χ3n) is 2.88. The molecule has 0 amide bonds. The van der Waals surface area contributed by atoms with Crippen molar-refractivity contribution in [3.8, 4) is 0 Å². The molecule has 0 heterocycles. The monoisotopic (exact) mass is 312 g/mol. The molecule has 0 aliphatic carbocycles. The first-order valence-electron chi connectivity index (χ1n) is 6.19. The Bertz CT molecular complexity index is 753. The van der Waals surface area contributed by atoms with Gasteiger partial charge in [-0.15, -0.1) is 0 Å². The van der Waals surface area contributed by atoms with Crippen molar-refractivity contribution in [2.45, 2.75) is 18.2 Å². The normalized spacial score (nSPS) is 11.4. The fourth-order valence-corrected chi connectivity index (χ4v) is 3.07. The summed E-state index contributed by atoms with van der Waals surface area (Å²) in [7, 11) is -4.37. The summed E-state index contributed by atoms with van der Waals surface area (Å²) < 4.78 is 53.8. The van der Waals surface area contributed by atoms with E-state index in [1.807, 2.05) is 13.0 Å². The number of benzene rings is 2. The van der Waals surface area contributed by atoms with E-state index in [0.29, 0.717) is 6.42 Å². The first-order chi connectivity index (χ1) is 9.83. The van der Waals surface area contributed by atoms with E-state index in [1.54, 1.807) is 12.1 Å². The van der Waals surface area contributed by atoms with E-state index in [4.69, 9.17) is 5.73 Å². The molecule has 2 aromatic rings. The zero-order valence-corrected chi connectivity index (χ0v) is 12.0. The topological polar surface area (TPSA) is 72.2 Å². The highest BCUT2D eigenvalue weighted by Gasteiger charge is 2.24. The summed E-state index contributed by atoms with van der Waals surface area (Å²) in [5, 5.41) is 0. The van der Waals surface area contributed by atoms with Crippen LogP contribution in [0, 0.1) is 11.6 Å². The Kier molecular flexibility index (Phi) is 4.13. The van der Waals surface area contributed by atoms with Crippen LogP contribution in [-0.4, -0.2) is 8.42 Å². The second kappa shape index (κ2) is 5.69. The summed E-state index contributed by atoms with van der Waals surface area (Å²) in [5.74, 6) is -2.46. The lowest BCUT2D eigenvalue weighted by molar-refractivity contribution is 0.522. The van der Waals surface area contributed by atoms with Gasteiger partial charge in [0.25, 0.3) is 10.0 Å². The van der Waals surface area contributed by atoms with Gasteiger partial charge in [0.2, 0.25) is 0 Å². The molecule has 2 rings (SSSR count). The summed E-state index contributed by atoms with van der Waals surface area (Å²) in [6, 6.07) is 8.11. The van der Waals surface area contributed by atoms with Gasteiger partial charge in [-0.05, 0) is 36.2 Å². The smallest absolute Gasteiger partial charge is 0.267 e. The fourth-order valence-electron chi connectivity index (χ4n) is 1.90. The summed E-state index contributed by atoms with van der Waals surface area (Å²) >= 11 is 0. The number of hydrogen-bond acceptors (Lipinski definition) is 3. The lowest BCUT2D eigenvalue weighted by Gasteiger charge is -2.11. The minimum absolute atomic E-state index is 0.183. The second-order valence-electron chi connectivity index (χ2n) is 4.47. The Morgan fingerprint density at radius 3 is 2.33 bits per heavy atom. The largest absolute Gasteiger partial charge is 0.399 e. The molecule has 7 heteroatoms. The predicted octanol–water partition coefficient (Wildman–Crippen LogP) is 2.91. The van der Waals surface area contributed by atoms with Gasteiger partial charge in [0.15, 0.2) is 4.90 Å². The van der Waals surface area contributed by atoms with Crippen LogP contribution in [0.25, 0.3) is 0 Å². The van der Waals surface area contributed by atoms with E-state index in [9.17, 15) is 17.2 Å². The number of nitrogen functional groups attached to an aromatic ring is 1. The zero-order chi connectivity index (χ0) is 15.6. The zero-order valence-electron chi connectivity index (χ0n) is 11.2. The van der Waals surface area contributed by atoms with Crippen molar-refractivity contribution in [1.29, 1.82) is 0 Å². The molecule has 0 aliphatic rings. The van der Waals surface area contributed by atoms with E-state index in [1.165, 1.54) is 6.07 Å². The van der Waals surface area contributed by atoms with Gasteiger partial charge in [-0.2, -0.15) is 0 Å². The van der Waals surface area contributed by atoms with Crippen LogP contribution in [0.15, 0.2) is 41.3 Å². The molecule has 0 saturated carbocycles. The third-order valence-corrected chi connectivity index (χ3v) is 4.31. The van der Waals surface area contributed by atoms with E-state index < -0.39 is 26.6 Å². The lowest BCUT2D eigenvalue weighted by atomic mass is 10.1. The molecule has 0 bridgehead atoms. The van der Waals surface area contributed by atoms with Crippen molar-refractivity contribution in [2.75, 3.05) is 10.5 Å². The number of sulfonamides is 1. The molecule has 21 heavy (non-hydrogen) atoms. The minimum Gasteiger partial charge on any atom is -0.399 e. The first-order valence-corrected chi connectivity index (χ1v) is 7.68. The molecule has 0 aromatic heterocycles. The molecule has 0 saturated heterocycles. The number of rotatable bonds is 4. The van der Waals surface area contributed by atoms with Gasteiger partial charge in [0, 0.05) is 11.4 Å². The summed E-state index contributed by atoms with van der Waals surface area (Å²) in [4.78, 5) is -1.04. The number of aryl methyl sites for hydroxylation is 1. The number of hydrogen-bond donors (Lipinski definition) is 2. The molecule has 4 nitrogen and oxygen atoms in total. The van der Waals surface area contributed by atoms with Crippen molar-refractivity contribution >= 4 is 21.4 Å². The maximum Gasteiger partial charge on any atom is 0.267 e. The van der Waals surface area contributed by atoms with E-state index in [2.05, 4.69) is 4.72 Å². The van der Waals surface area contributed by atoms with Crippen molar-refractivity contribution in [3.05, 3.63) is 53.6 Å². The number of halogens is 2. The van der Waals surface area contributed by atoms with Crippen LogP contribution in [0.2, 0.25) is 0 Å². The van der Waals surface area contributed by atoms with Crippen molar-refractivity contribution in [2.24, 2.45) is 0 Å². The maximum absolute atomic E-state index is 13.7. The van der Waals surface area contributed by atoms with Crippen molar-refractivity contribution < 1.29 is 17.2 Å². The summed E-state index contributed by atoms with van der Waals surface area (Å²) in [5.41, 5.74) is 6.22. The highest BCUT2D eigenvalue weighted by Crippen LogP contribution is 2.24. The molecule has 0 unspecified atom stereocenters. The van der Waals surface area contributed by atoms with Gasteiger partial charge in [-0.3, -0.25) is 4.72 Å². The number of nitrogens with two attached hydrogens (primary N) is 1. The average molecular weight is 312 g/mol. The van der Waals surface area contributed by atoms with Crippen LogP contribution in [0.3, 0.4) is 0 Å². The summed E-state index contributed by atoms with van der Waals surface area (Å²) in [6.45, 7) is 1.91. The third kappa shape index (κ3) is 3.30. The van der Waals surface area contributed by atoms with Crippen LogP contribution in [0.1, 0.15) is 12.5 Å². The molecule has 3 N–H and O–H groups in total. The molecule has 0 spiro atoms. The molecule has 0 fully saturated rings. The van der Waals surface area contributed by atoms with Crippen LogP contribution in [0.4, 0.5) is 20.2 Å². The molecule has 112 valence electrons. The van der Waals surface area contributed by atoms with E-state index in [-0.39, 0.29) is 11.4 Å². The van der Waals surface area contributed by atoms with Gasteiger partial charge in [-0.1, -0.05) is 19.1 Å². The highest BCUT2D eigenvalue weighted by molar-refractivity contribution is 7.92. The highest BCUT2D eigenvalue weighted by atomic mass is 32.2. The van der Waals surface area contributed by atoms with Gasteiger partial charge < -0.3 is 5.73 Å². The van der Waals surface area contributed by atoms with Gasteiger partial charge in [0.1, 0.15) is 11.6 Å². The SMILES string of the molecule is CCc1cccc(NS(=O)(=O)c2c(F)cc(N)cc2F)c1. The fraction of sp³-hybridized carbons (Fsp3) is 0.143. The van der Waals surface area contributed by atoms with Gasteiger partial charge in [-0.25, -0.2) is 17.2 Å². The molecule has 2 aromatic carbocycles. The standard InChI is InChI=1S/C14H14F2N2O2S/c1-2-9-4-3-5-11(6-9)18-21(19,20)14-12(15)7-10(17)8-13(14)16/h3-8,18H,2,17H2,1H3. The van der Waals surface area contributed by atoms with Crippen LogP contribution in [-0.2, 0) is 16.4 Å². The summed E-state index contributed by atoms with van der Waals surface area (Å²) in [6.07, 6.45) is 0.708. The Morgan fingerprint density at radius 1 is 1.14 bits per heavy atom. The Morgan fingerprint density at radius 2 is 1.76 bits per heavy atom. The first kappa shape index (κ1) is 15.2. The lowest BCUT2D eigenvalue weighted by Crippen LogP contribution is -2.17. The van der Waals surface area contributed by atoms with Gasteiger partial charge in [0.05, 0.1) is 0 Å². The predicted molar refractivity (Wildman–Crippen MR) is 77.4 cm³/mol. The molecular weight excluding hydrogens is 298 g/mol. The van der Waals surface area contributed by atoms with E-state index in [0.717, 1.165) is 17.7 Å². The van der Waals surface area contributed by atoms with E-state index >= 15 is 0 Å². The maximum atomic E-state index is 13.7. The molecular formula is C14H14F2N2O2S. The van der Waals surface area contributed by atoms with Crippen LogP contribution in [0.5, 0.6) is 0 Å². The Labute approximate surface area is 121 Å². The van der Waals surface area contributed by atoms with Crippen LogP contribution >= 0.6 is 0 Å². The van der Waals surface area contributed by atoms with Crippen LogP contribution < -0.4 is 10.5 Å². The second-order valence-corrected chi connectivity index (χ2v) is 6.09.